The van der Waals surface area contributed by atoms with Crippen molar-refractivity contribution in [3.05, 3.63) is 0 Å². The van der Waals surface area contributed by atoms with Crippen LogP contribution < -0.4 is 5.32 Å². The summed E-state index contributed by atoms with van der Waals surface area (Å²) in [6, 6.07) is 0. The lowest BCUT2D eigenvalue weighted by molar-refractivity contribution is 0.0826. The zero-order valence-corrected chi connectivity index (χ0v) is 12.6. The first kappa shape index (κ1) is 15.9. The van der Waals surface area contributed by atoms with E-state index >= 15 is 0 Å². The summed E-state index contributed by atoms with van der Waals surface area (Å²) < 4.78 is 5.68. The highest BCUT2D eigenvalue weighted by Crippen LogP contribution is 2.15. The van der Waals surface area contributed by atoms with Crippen molar-refractivity contribution in [2.45, 2.75) is 40.0 Å². The molecule has 1 N–H and O–H groups in total. The number of hydrogen-bond donors (Lipinski definition) is 1. The van der Waals surface area contributed by atoms with Crippen LogP contribution in [-0.4, -0.2) is 50.8 Å². The van der Waals surface area contributed by atoms with Crippen molar-refractivity contribution in [1.82, 2.24) is 10.2 Å². The fourth-order valence-corrected chi connectivity index (χ4v) is 2.38. The van der Waals surface area contributed by atoms with Crippen LogP contribution in [0, 0.1) is 11.8 Å². The molecule has 0 aromatic carbocycles. The second kappa shape index (κ2) is 9.76. The van der Waals surface area contributed by atoms with Crippen LogP contribution in [0.2, 0.25) is 0 Å². The number of piperidine rings is 1. The Labute approximate surface area is 113 Å². The minimum atomic E-state index is 0.756. The van der Waals surface area contributed by atoms with Gasteiger partial charge >= 0.3 is 0 Å². The van der Waals surface area contributed by atoms with E-state index in [-0.39, 0.29) is 0 Å². The van der Waals surface area contributed by atoms with E-state index in [2.05, 4.69) is 31.0 Å². The number of nitrogens with one attached hydrogen (secondary N) is 1. The molecule has 108 valence electrons. The monoisotopic (exact) mass is 256 g/mol. The van der Waals surface area contributed by atoms with Gasteiger partial charge in [0, 0.05) is 13.2 Å². The Morgan fingerprint density at radius 2 is 1.94 bits per heavy atom. The van der Waals surface area contributed by atoms with Crippen LogP contribution >= 0.6 is 0 Å². The Morgan fingerprint density at radius 3 is 2.56 bits per heavy atom. The highest BCUT2D eigenvalue weighted by Gasteiger charge is 2.18. The second-order valence-corrected chi connectivity index (χ2v) is 5.89. The fraction of sp³-hybridized carbons (Fsp3) is 1.00. The maximum absolute atomic E-state index is 5.68. The van der Waals surface area contributed by atoms with Crippen molar-refractivity contribution in [3.63, 3.8) is 0 Å². The van der Waals surface area contributed by atoms with Crippen molar-refractivity contribution < 1.29 is 4.74 Å². The maximum atomic E-state index is 5.68. The van der Waals surface area contributed by atoms with Gasteiger partial charge in [-0.05, 0) is 57.3 Å². The zero-order valence-electron chi connectivity index (χ0n) is 12.6. The van der Waals surface area contributed by atoms with Gasteiger partial charge in [0.2, 0.25) is 0 Å². The molecule has 0 atom stereocenters. The van der Waals surface area contributed by atoms with Crippen LogP contribution in [0.4, 0.5) is 0 Å². The molecule has 0 saturated carbocycles. The summed E-state index contributed by atoms with van der Waals surface area (Å²) >= 11 is 0. The van der Waals surface area contributed by atoms with Crippen LogP contribution in [0.15, 0.2) is 0 Å². The largest absolute Gasteiger partial charge is 0.380 e. The second-order valence-electron chi connectivity index (χ2n) is 5.89. The predicted octanol–water partition coefficient (Wildman–Crippen LogP) is 2.37. The first-order chi connectivity index (χ1) is 8.72. The minimum absolute atomic E-state index is 0.756. The number of ether oxygens (including phenoxy) is 1. The van der Waals surface area contributed by atoms with Crippen molar-refractivity contribution in [1.29, 1.82) is 0 Å². The molecule has 0 radical (unpaired) electrons. The van der Waals surface area contributed by atoms with Gasteiger partial charge in [-0.3, -0.25) is 0 Å². The third-order valence-electron chi connectivity index (χ3n) is 3.78. The van der Waals surface area contributed by atoms with Crippen LogP contribution in [0.1, 0.15) is 40.0 Å². The van der Waals surface area contributed by atoms with Crippen molar-refractivity contribution in [2.75, 3.05) is 45.9 Å². The van der Waals surface area contributed by atoms with E-state index in [1.54, 1.807) is 0 Å². The highest BCUT2D eigenvalue weighted by atomic mass is 16.5. The lowest BCUT2D eigenvalue weighted by Crippen LogP contribution is -2.38. The standard InChI is InChI=1S/C15H32N2O/c1-4-16-13-15-5-8-17(9-6-15)10-12-18-11-7-14(2)3/h14-16H,4-13H2,1-3H3. The van der Waals surface area contributed by atoms with Crippen LogP contribution in [0.3, 0.4) is 0 Å². The molecule has 0 aliphatic carbocycles. The van der Waals surface area contributed by atoms with Gasteiger partial charge in [0.1, 0.15) is 0 Å². The summed E-state index contributed by atoms with van der Waals surface area (Å²) in [4.78, 5) is 2.55. The summed E-state index contributed by atoms with van der Waals surface area (Å²) in [6.07, 6.45) is 3.88. The summed E-state index contributed by atoms with van der Waals surface area (Å²) in [6.45, 7) is 14.4. The number of likely N-dealkylation sites (tertiary alicyclic amines) is 1. The van der Waals surface area contributed by atoms with Gasteiger partial charge in [0.25, 0.3) is 0 Å². The van der Waals surface area contributed by atoms with E-state index in [0.29, 0.717) is 0 Å². The molecule has 1 fully saturated rings. The predicted molar refractivity (Wildman–Crippen MR) is 78.0 cm³/mol. The average molecular weight is 256 g/mol. The van der Waals surface area contributed by atoms with Gasteiger partial charge in [-0.1, -0.05) is 20.8 Å². The highest BCUT2D eigenvalue weighted by molar-refractivity contribution is 4.73. The normalized spacial score (nSPS) is 18.7. The van der Waals surface area contributed by atoms with E-state index in [4.69, 9.17) is 4.74 Å². The van der Waals surface area contributed by atoms with Gasteiger partial charge in [0.15, 0.2) is 0 Å². The molecule has 0 spiro atoms. The molecule has 1 saturated heterocycles. The summed E-state index contributed by atoms with van der Waals surface area (Å²) in [5, 5.41) is 3.46. The van der Waals surface area contributed by atoms with E-state index in [9.17, 15) is 0 Å². The quantitative estimate of drug-likeness (QED) is 0.641. The van der Waals surface area contributed by atoms with Crippen molar-refractivity contribution >= 4 is 0 Å². The minimum Gasteiger partial charge on any atom is -0.380 e. The summed E-state index contributed by atoms with van der Waals surface area (Å²) in [7, 11) is 0. The third-order valence-corrected chi connectivity index (χ3v) is 3.78. The fourth-order valence-electron chi connectivity index (χ4n) is 2.38. The Morgan fingerprint density at radius 1 is 1.22 bits per heavy atom. The third kappa shape index (κ3) is 7.34. The first-order valence-electron chi connectivity index (χ1n) is 7.73. The van der Waals surface area contributed by atoms with Crippen molar-refractivity contribution in [3.8, 4) is 0 Å². The average Bonchev–Trinajstić information content (AvgIpc) is 2.37. The number of nitrogens with zero attached hydrogens (tertiary/aromatic N) is 1. The summed E-state index contributed by atoms with van der Waals surface area (Å²) in [5.74, 6) is 1.65. The van der Waals surface area contributed by atoms with Crippen LogP contribution in [-0.2, 0) is 4.74 Å². The molecule has 0 aromatic rings. The topological polar surface area (TPSA) is 24.5 Å². The molecule has 3 nitrogen and oxygen atoms in total. The Balaban J connectivity index is 1.95. The molecule has 3 heteroatoms. The lowest BCUT2D eigenvalue weighted by Gasteiger charge is -2.31. The van der Waals surface area contributed by atoms with Crippen LogP contribution in [0.5, 0.6) is 0 Å². The Bertz CT molecular complexity index is 189. The van der Waals surface area contributed by atoms with Gasteiger partial charge < -0.3 is 15.0 Å². The molecule has 1 rings (SSSR count). The molecule has 1 aliphatic heterocycles. The van der Waals surface area contributed by atoms with E-state index in [0.717, 1.165) is 38.1 Å². The van der Waals surface area contributed by atoms with E-state index in [1.165, 1.54) is 38.9 Å². The zero-order chi connectivity index (χ0) is 13.2. The van der Waals surface area contributed by atoms with Crippen molar-refractivity contribution in [2.24, 2.45) is 11.8 Å². The molecule has 18 heavy (non-hydrogen) atoms. The van der Waals surface area contributed by atoms with Crippen LogP contribution in [0.25, 0.3) is 0 Å². The Hall–Kier alpha value is -0.120. The Kier molecular flexibility index (Phi) is 8.64. The van der Waals surface area contributed by atoms with Gasteiger partial charge in [0.05, 0.1) is 6.61 Å². The molecule has 0 bridgehead atoms. The molecule has 0 unspecified atom stereocenters. The maximum Gasteiger partial charge on any atom is 0.0593 e. The molecule has 0 amide bonds. The summed E-state index contributed by atoms with van der Waals surface area (Å²) in [5.41, 5.74) is 0. The van der Waals surface area contributed by atoms with Gasteiger partial charge in [-0.25, -0.2) is 0 Å². The molecule has 1 heterocycles. The van der Waals surface area contributed by atoms with Gasteiger partial charge in [-0.2, -0.15) is 0 Å². The van der Waals surface area contributed by atoms with Gasteiger partial charge in [-0.15, -0.1) is 0 Å². The SMILES string of the molecule is CCNCC1CCN(CCOCCC(C)C)CC1. The molecule has 0 aromatic heterocycles. The molecular weight excluding hydrogens is 224 g/mol. The molecule has 1 aliphatic rings. The lowest BCUT2D eigenvalue weighted by atomic mass is 9.97. The first-order valence-corrected chi connectivity index (χ1v) is 7.73. The molecular formula is C15H32N2O. The van der Waals surface area contributed by atoms with E-state index in [1.807, 2.05) is 0 Å². The number of rotatable bonds is 9. The van der Waals surface area contributed by atoms with E-state index < -0.39 is 0 Å². The number of hydrogen-bond acceptors (Lipinski definition) is 3. The smallest absolute Gasteiger partial charge is 0.0593 e.